The summed E-state index contributed by atoms with van der Waals surface area (Å²) in [7, 11) is 1.47. The Bertz CT molecular complexity index is 1710. The van der Waals surface area contributed by atoms with Crippen LogP contribution in [0.5, 0.6) is 6.01 Å². The van der Waals surface area contributed by atoms with Crippen molar-refractivity contribution < 1.29 is 31.4 Å². The number of nitrogens with two attached hydrogens (primary N) is 1. The molecule has 0 aliphatic carbocycles. The molecule has 4 aromatic rings. The fourth-order valence-corrected chi connectivity index (χ4v) is 6.63. The van der Waals surface area contributed by atoms with Crippen molar-refractivity contribution in [3.8, 4) is 23.2 Å². The zero-order valence-corrected chi connectivity index (χ0v) is 22.4. The Balaban J connectivity index is 1.66. The molecule has 41 heavy (non-hydrogen) atoms. The lowest BCUT2D eigenvalue weighted by Gasteiger charge is -2.34. The molecule has 0 amide bonds. The fourth-order valence-electron chi connectivity index (χ4n) is 5.68. The van der Waals surface area contributed by atoms with E-state index in [-0.39, 0.29) is 68.7 Å². The van der Waals surface area contributed by atoms with Gasteiger partial charge in [0, 0.05) is 48.6 Å². The van der Waals surface area contributed by atoms with Crippen molar-refractivity contribution in [2.24, 2.45) is 0 Å². The van der Waals surface area contributed by atoms with Crippen LogP contribution in [0.4, 0.5) is 32.8 Å². The Morgan fingerprint density at radius 2 is 1.90 bits per heavy atom. The number of ether oxygens (including phenoxy) is 2. The van der Waals surface area contributed by atoms with E-state index in [4.69, 9.17) is 15.2 Å². The molecule has 6 rings (SSSR count). The lowest BCUT2D eigenvalue weighted by Crippen LogP contribution is -2.51. The van der Waals surface area contributed by atoms with E-state index in [1.807, 2.05) is 11.0 Å². The largest absolute Gasteiger partial charge is 0.461 e. The Morgan fingerprint density at radius 3 is 2.56 bits per heavy atom. The van der Waals surface area contributed by atoms with Crippen LogP contribution >= 0.6 is 11.3 Å². The molecule has 2 aliphatic heterocycles. The number of alkyl halides is 3. The third kappa shape index (κ3) is 4.67. The van der Waals surface area contributed by atoms with Gasteiger partial charge >= 0.3 is 12.2 Å². The summed E-state index contributed by atoms with van der Waals surface area (Å²) >= 11 is 0.709. The molecule has 2 aromatic heterocycles. The van der Waals surface area contributed by atoms with Crippen LogP contribution in [-0.2, 0) is 10.9 Å². The minimum atomic E-state index is -5.02. The number of piperazine rings is 1. The number of nitrogens with one attached hydrogen (secondary N) is 1. The maximum Gasteiger partial charge on any atom is 0.417 e. The van der Waals surface area contributed by atoms with E-state index >= 15 is 4.39 Å². The highest BCUT2D eigenvalue weighted by Gasteiger charge is 2.39. The van der Waals surface area contributed by atoms with Crippen LogP contribution in [0.15, 0.2) is 18.2 Å². The van der Waals surface area contributed by atoms with E-state index in [9.17, 15) is 22.8 Å². The number of nitriles is 1. The molecule has 2 aliphatic rings. The summed E-state index contributed by atoms with van der Waals surface area (Å²) in [5.74, 6) is -1.96. The van der Waals surface area contributed by atoms with Crippen LogP contribution in [0.25, 0.3) is 32.1 Å². The highest BCUT2D eigenvalue weighted by atomic mass is 32.1. The molecule has 214 valence electrons. The van der Waals surface area contributed by atoms with Crippen molar-refractivity contribution in [2.45, 2.75) is 31.1 Å². The van der Waals surface area contributed by atoms with E-state index in [0.29, 0.717) is 24.4 Å². The van der Waals surface area contributed by atoms with E-state index in [0.717, 1.165) is 31.0 Å². The topological polar surface area (TPSA) is 109 Å². The van der Waals surface area contributed by atoms with Crippen LogP contribution in [0.3, 0.4) is 0 Å². The smallest absolute Gasteiger partial charge is 0.417 e. The van der Waals surface area contributed by atoms with Gasteiger partial charge in [0.15, 0.2) is 5.82 Å². The Kier molecular flexibility index (Phi) is 6.83. The van der Waals surface area contributed by atoms with Gasteiger partial charge in [-0.15, -0.1) is 11.3 Å². The first kappa shape index (κ1) is 27.4. The number of hydrogen-bond donors (Lipinski definition) is 2. The number of fused-ring (bicyclic) bond motifs is 4. The number of nitrogens with zero attached hydrogens (tertiary/aromatic N) is 4. The molecule has 2 aromatic carbocycles. The van der Waals surface area contributed by atoms with Crippen molar-refractivity contribution in [2.75, 3.05) is 44.0 Å². The first-order chi connectivity index (χ1) is 19.6. The number of benzene rings is 2. The lowest BCUT2D eigenvalue weighted by atomic mass is 9.92. The average molecular weight is 591 g/mol. The van der Waals surface area contributed by atoms with Crippen LogP contribution in [0.1, 0.15) is 24.0 Å². The maximum absolute atomic E-state index is 16.6. The molecule has 8 nitrogen and oxygen atoms in total. The molecule has 0 radical (unpaired) electrons. The van der Waals surface area contributed by atoms with E-state index in [1.54, 1.807) is 0 Å². The molecule has 0 spiro atoms. The summed E-state index contributed by atoms with van der Waals surface area (Å²) in [4.78, 5) is 10.4. The monoisotopic (exact) mass is 590 g/mol. The van der Waals surface area contributed by atoms with Gasteiger partial charge in [-0.1, -0.05) is 6.07 Å². The van der Waals surface area contributed by atoms with Crippen LogP contribution in [0.2, 0.25) is 0 Å². The summed E-state index contributed by atoms with van der Waals surface area (Å²) in [6.07, 6.45) is -3.22. The molecule has 2 atom stereocenters. The number of halogens is 5. The van der Waals surface area contributed by atoms with E-state index in [1.165, 1.54) is 7.11 Å². The van der Waals surface area contributed by atoms with Gasteiger partial charge in [-0.2, -0.15) is 28.4 Å². The van der Waals surface area contributed by atoms with Crippen molar-refractivity contribution in [1.29, 1.82) is 5.26 Å². The van der Waals surface area contributed by atoms with Crippen LogP contribution in [0, 0.1) is 23.0 Å². The van der Waals surface area contributed by atoms with Gasteiger partial charge in [-0.05, 0) is 30.5 Å². The van der Waals surface area contributed by atoms with Crippen molar-refractivity contribution in [3.63, 3.8) is 0 Å². The molecule has 3 N–H and O–H groups in total. The van der Waals surface area contributed by atoms with Gasteiger partial charge in [0.2, 0.25) is 0 Å². The molecule has 2 saturated heterocycles. The minimum Gasteiger partial charge on any atom is -0.461 e. The molecule has 14 heteroatoms. The highest BCUT2D eigenvalue weighted by molar-refractivity contribution is 7.23. The standard InChI is InChI=1S/C27H23F5N6O2S/c1-39-6-7-40-26-36-22-15(25(37-26)38-10-12-2-3-13(11-38)35-12)8-17(27(30,31)32)20(21(22)29)14-4-5-18(28)23-19(14)16(9-33)24(34)41-23/h4-5,8,12-13,35H,2-3,6-7,10-11,34H2,1H3. The third-order valence-electron chi connectivity index (χ3n) is 7.43. The van der Waals surface area contributed by atoms with Gasteiger partial charge in [-0.25, -0.2) is 8.78 Å². The van der Waals surface area contributed by atoms with Crippen LogP contribution < -0.4 is 20.7 Å². The summed E-state index contributed by atoms with van der Waals surface area (Å²) < 4.78 is 85.7. The first-order valence-electron chi connectivity index (χ1n) is 12.8. The van der Waals surface area contributed by atoms with Gasteiger partial charge in [0.05, 0.1) is 22.4 Å². The molecular weight excluding hydrogens is 567 g/mol. The molecule has 2 bridgehead atoms. The zero-order chi connectivity index (χ0) is 29.1. The summed E-state index contributed by atoms with van der Waals surface area (Å²) in [5, 5.41) is 12.7. The summed E-state index contributed by atoms with van der Waals surface area (Å²) in [5.41, 5.74) is 2.79. The number of rotatable bonds is 6. The second-order valence-corrected chi connectivity index (χ2v) is 11.0. The molecular formula is C27H23F5N6O2S. The highest BCUT2D eigenvalue weighted by Crippen LogP contribution is 2.48. The second kappa shape index (κ2) is 10.2. The van der Waals surface area contributed by atoms with Crippen molar-refractivity contribution in [1.82, 2.24) is 15.3 Å². The normalized spacial score (nSPS) is 18.8. The molecule has 0 saturated carbocycles. The van der Waals surface area contributed by atoms with Gasteiger partial charge in [0.25, 0.3) is 0 Å². The molecule has 2 fully saturated rings. The number of nitrogen functional groups attached to an aromatic ring is 1. The average Bonchev–Trinajstić information content (AvgIpc) is 3.46. The SMILES string of the molecule is COCCOc1nc(N2CC3CCC(C2)N3)c2cc(C(F)(F)F)c(-c3ccc(F)c4sc(N)c(C#N)c34)c(F)c2n1. The summed E-state index contributed by atoms with van der Waals surface area (Å²) in [6.45, 7) is 1.13. The number of methoxy groups -OCH3 is 1. The quantitative estimate of drug-likeness (QED) is 0.232. The second-order valence-electron chi connectivity index (χ2n) is 9.97. The number of thiophene rings is 1. The maximum atomic E-state index is 16.6. The number of aromatic nitrogens is 2. The fraction of sp³-hybridized carbons (Fsp3) is 0.370. The Morgan fingerprint density at radius 1 is 1.17 bits per heavy atom. The number of anilines is 2. The molecule has 2 unspecified atom stereocenters. The minimum absolute atomic E-state index is 0.0294. The van der Waals surface area contributed by atoms with Gasteiger partial charge in [-0.3, -0.25) is 0 Å². The van der Waals surface area contributed by atoms with Gasteiger partial charge in [0.1, 0.15) is 34.8 Å². The predicted octanol–water partition coefficient (Wildman–Crippen LogP) is 5.23. The molecule has 4 heterocycles. The van der Waals surface area contributed by atoms with E-state index < -0.39 is 34.5 Å². The first-order valence-corrected chi connectivity index (χ1v) is 13.6. The van der Waals surface area contributed by atoms with Gasteiger partial charge < -0.3 is 25.4 Å². The third-order valence-corrected chi connectivity index (χ3v) is 8.46. The Labute approximate surface area is 234 Å². The van der Waals surface area contributed by atoms with Crippen LogP contribution in [-0.4, -0.2) is 55.5 Å². The number of hydrogen-bond acceptors (Lipinski definition) is 9. The Hall–Kier alpha value is -3.80. The summed E-state index contributed by atoms with van der Waals surface area (Å²) in [6, 6.07) is 4.60. The predicted molar refractivity (Wildman–Crippen MR) is 144 cm³/mol. The van der Waals surface area contributed by atoms with E-state index in [2.05, 4.69) is 15.3 Å². The zero-order valence-electron chi connectivity index (χ0n) is 21.6. The van der Waals surface area contributed by atoms with Crippen molar-refractivity contribution >= 4 is 43.1 Å². The van der Waals surface area contributed by atoms with Crippen molar-refractivity contribution in [3.05, 3.63) is 41.0 Å². The lowest BCUT2D eigenvalue weighted by molar-refractivity contribution is -0.137.